The van der Waals surface area contributed by atoms with Gasteiger partial charge in [0.25, 0.3) is 10.6 Å². The van der Waals surface area contributed by atoms with Crippen LogP contribution >= 0.6 is 0 Å². The van der Waals surface area contributed by atoms with E-state index in [2.05, 4.69) is 19.9 Å². The Bertz CT molecular complexity index is 1510. The molecule has 2 N–H and O–H groups in total. The SMILES string of the molecule is CCCc1nc(C)c2c(=O)[nH]c(-c3cc(S(=O)(=O)N4CCC(C(CO)O[N+](=O)[O-])CC4)ccc3OCC)nn12. The summed E-state index contributed by atoms with van der Waals surface area (Å²) >= 11 is 0. The molecule has 212 valence electrons. The van der Waals surface area contributed by atoms with Crippen LogP contribution in [0.2, 0.25) is 0 Å². The Morgan fingerprint density at radius 3 is 2.62 bits per heavy atom. The largest absolute Gasteiger partial charge is 0.493 e. The van der Waals surface area contributed by atoms with Crippen LogP contribution in [-0.4, -0.2) is 74.9 Å². The summed E-state index contributed by atoms with van der Waals surface area (Å²) in [5.41, 5.74) is 0.783. The Hall–Kier alpha value is -3.56. The first kappa shape index (κ1) is 28.4. The van der Waals surface area contributed by atoms with Gasteiger partial charge in [0.1, 0.15) is 17.7 Å². The molecule has 1 aliphatic rings. The molecule has 3 aromatic rings. The number of nitrogens with one attached hydrogen (secondary N) is 1. The number of imidazole rings is 1. The van der Waals surface area contributed by atoms with Crippen LogP contribution < -0.4 is 10.3 Å². The summed E-state index contributed by atoms with van der Waals surface area (Å²) in [7, 11) is -3.97. The van der Waals surface area contributed by atoms with Crippen LogP contribution in [0.25, 0.3) is 16.9 Å². The zero-order valence-electron chi connectivity index (χ0n) is 22.0. The van der Waals surface area contributed by atoms with Crippen molar-refractivity contribution in [2.45, 2.75) is 57.5 Å². The molecule has 14 nitrogen and oxygen atoms in total. The number of fused-ring (bicyclic) bond motifs is 1. The quantitative estimate of drug-likeness (QED) is 0.257. The molecule has 1 aliphatic heterocycles. The zero-order chi connectivity index (χ0) is 28.3. The van der Waals surface area contributed by atoms with Crippen molar-refractivity contribution in [2.24, 2.45) is 5.92 Å². The number of aliphatic hydroxyl groups excluding tert-OH is 1. The number of aliphatic hydroxyl groups is 1. The monoisotopic (exact) mass is 564 g/mol. The van der Waals surface area contributed by atoms with Crippen LogP contribution in [-0.2, 0) is 21.3 Å². The number of piperidine rings is 1. The zero-order valence-corrected chi connectivity index (χ0v) is 22.8. The number of ether oxygens (including phenoxy) is 1. The fraction of sp³-hybridized carbons (Fsp3) is 0.542. The lowest BCUT2D eigenvalue weighted by molar-refractivity contribution is -0.771. The summed E-state index contributed by atoms with van der Waals surface area (Å²) in [6.07, 6.45) is 0.970. The topological polar surface area (TPSA) is 182 Å². The first-order valence-corrected chi connectivity index (χ1v) is 14.2. The standard InChI is InChI=1S/C24H32N6O8S/c1-4-6-21-25-15(3)22-24(32)26-23(27-29(21)22)18-13-17(7-8-19(18)37-5-2)39(35,36)28-11-9-16(10-12-28)20(14-31)38-30(33)34/h7-8,13,16,20,31H,4-6,9-12,14H2,1-3H3,(H,26,27,32). The molecule has 4 rings (SSSR count). The summed E-state index contributed by atoms with van der Waals surface area (Å²) in [6.45, 7) is 5.49. The van der Waals surface area contributed by atoms with Crippen molar-refractivity contribution < 1.29 is 28.2 Å². The third-order valence-corrected chi connectivity index (χ3v) is 8.68. The van der Waals surface area contributed by atoms with Crippen molar-refractivity contribution >= 4 is 15.5 Å². The Kier molecular flexibility index (Phi) is 8.51. The summed E-state index contributed by atoms with van der Waals surface area (Å²) < 4.78 is 35.7. The van der Waals surface area contributed by atoms with E-state index in [0.717, 1.165) is 6.42 Å². The number of sulfonamides is 1. The minimum atomic E-state index is -3.97. The summed E-state index contributed by atoms with van der Waals surface area (Å²) in [5, 5.41) is 23.8. The second-order valence-electron chi connectivity index (χ2n) is 9.31. The van der Waals surface area contributed by atoms with Gasteiger partial charge in [-0.15, -0.1) is 15.2 Å². The second-order valence-corrected chi connectivity index (χ2v) is 11.2. The van der Waals surface area contributed by atoms with Gasteiger partial charge in [-0.1, -0.05) is 6.92 Å². The molecule has 1 saturated heterocycles. The van der Waals surface area contributed by atoms with Gasteiger partial charge < -0.3 is 19.7 Å². The minimum absolute atomic E-state index is 0.0157. The van der Waals surface area contributed by atoms with Crippen molar-refractivity contribution in [3.63, 3.8) is 0 Å². The Balaban J connectivity index is 1.69. The van der Waals surface area contributed by atoms with E-state index in [4.69, 9.17) is 4.74 Å². The molecule has 0 aliphatic carbocycles. The van der Waals surface area contributed by atoms with Crippen LogP contribution in [0.1, 0.15) is 44.6 Å². The van der Waals surface area contributed by atoms with E-state index in [-0.39, 0.29) is 42.6 Å². The molecule has 0 amide bonds. The molecule has 3 heterocycles. The Morgan fingerprint density at radius 1 is 1.28 bits per heavy atom. The third-order valence-electron chi connectivity index (χ3n) is 6.79. The van der Waals surface area contributed by atoms with E-state index in [1.807, 2.05) is 6.92 Å². The number of aryl methyl sites for hydroxylation is 2. The van der Waals surface area contributed by atoms with Crippen LogP contribution in [0.3, 0.4) is 0 Å². The molecule has 1 aromatic carbocycles. The van der Waals surface area contributed by atoms with Crippen molar-refractivity contribution in [2.75, 3.05) is 26.3 Å². The molecule has 0 saturated carbocycles. The Labute approximate surface area is 224 Å². The van der Waals surface area contributed by atoms with Gasteiger partial charge in [-0.2, -0.15) is 4.31 Å². The minimum Gasteiger partial charge on any atom is -0.493 e. The first-order chi connectivity index (χ1) is 18.6. The molecule has 15 heteroatoms. The summed E-state index contributed by atoms with van der Waals surface area (Å²) in [4.78, 5) is 35.5. The fourth-order valence-corrected chi connectivity index (χ4v) is 6.39. The van der Waals surface area contributed by atoms with Gasteiger partial charge in [0, 0.05) is 19.5 Å². The highest BCUT2D eigenvalue weighted by Gasteiger charge is 2.34. The molecule has 39 heavy (non-hydrogen) atoms. The van der Waals surface area contributed by atoms with Crippen molar-refractivity contribution in [3.8, 4) is 17.1 Å². The number of H-pyrrole nitrogens is 1. The van der Waals surface area contributed by atoms with Crippen LogP contribution in [0.15, 0.2) is 27.9 Å². The van der Waals surface area contributed by atoms with E-state index in [1.54, 1.807) is 13.8 Å². The molecule has 0 radical (unpaired) electrons. The highest BCUT2D eigenvalue weighted by atomic mass is 32.2. The van der Waals surface area contributed by atoms with Crippen molar-refractivity contribution in [1.82, 2.24) is 23.9 Å². The van der Waals surface area contributed by atoms with E-state index < -0.39 is 33.4 Å². The van der Waals surface area contributed by atoms with E-state index in [0.29, 0.717) is 41.4 Å². The normalized spacial score (nSPS) is 15.9. The van der Waals surface area contributed by atoms with Gasteiger partial charge in [-0.05, 0) is 57.2 Å². The molecule has 1 atom stereocenters. The molecular formula is C24H32N6O8S. The summed E-state index contributed by atoms with van der Waals surface area (Å²) in [6, 6.07) is 4.39. The third kappa shape index (κ3) is 5.74. The average Bonchev–Trinajstić information content (AvgIpc) is 3.23. The van der Waals surface area contributed by atoms with Gasteiger partial charge in [0.05, 0.1) is 29.4 Å². The summed E-state index contributed by atoms with van der Waals surface area (Å²) in [5.74, 6) is 0.766. The van der Waals surface area contributed by atoms with Crippen LogP contribution in [0.4, 0.5) is 0 Å². The van der Waals surface area contributed by atoms with Gasteiger partial charge in [-0.25, -0.2) is 17.9 Å². The maximum Gasteiger partial charge on any atom is 0.294 e. The lowest BCUT2D eigenvalue weighted by Gasteiger charge is -2.33. The lowest BCUT2D eigenvalue weighted by Crippen LogP contribution is -2.43. The van der Waals surface area contributed by atoms with Gasteiger partial charge in [-0.3, -0.25) is 4.79 Å². The molecule has 1 fully saturated rings. The molecule has 2 aromatic heterocycles. The maximum absolute atomic E-state index is 13.6. The first-order valence-electron chi connectivity index (χ1n) is 12.8. The molecule has 1 unspecified atom stereocenters. The fourth-order valence-electron chi connectivity index (χ4n) is 4.89. The predicted molar refractivity (Wildman–Crippen MR) is 139 cm³/mol. The number of hydrogen-bond donors (Lipinski definition) is 2. The van der Waals surface area contributed by atoms with Crippen LogP contribution in [0, 0.1) is 23.0 Å². The van der Waals surface area contributed by atoms with Gasteiger partial charge >= 0.3 is 0 Å². The number of nitrogens with zero attached hydrogens (tertiary/aromatic N) is 5. The Morgan fingerprint density at radius 2 is 2.00 bits per heavy atom. The molecule has 0 spiro atoms. The number of aromatic nitrogens is 4. The van der Waals surface area contributed by atoms with Gasteiger partial charge in [0.2, 0.25) is 10.0 Å². The predicted octanol–water partition coefficient (Wildman–Crippen LogP) is 1.71. The average molecular weight is 565 g/mol. The van der Waals surface area contributed by atoms with E-state index in [1.165, 1.54) is 27.0 Å². The highest BCUT2D eigenvalue weighted by molar-refractivity contribution is 7.89. The number of rotatable bonds is 11. The van der Waals surface area contributed by atoms with Crippen LogP contribution in [0.5, 0.6) is 5.75 Å². The lowest BCUT2D eigenvalue weighted by atomic mass is 9.92. The number of aromatic amines is 1. The van der Waals surface area contributed by atoms with Gasteiger partial charge in [0.15, 0.2) is 11.3 Å². The molecule has 0 bridgehead atoms. The van der Waals surface area contributed by atoms with Crippen molar-refractivity contribution in [3.05, 3.63) is 50.2 Å². The number of hydrogen-bond acceptors (Lipinski definition) is 10. The van der Waals surface area contributed by atoms with Crippen molar-refractivity contribution in [1.29, 1.82) is 0 Å². The smallest absolute Gasteiger partial charge is 0.294 e. The highest BCUT2D eigenvalue weighted by Crippen LogP contribution is 2.33. The maximum atomic E-state index is 13.6. The second kappa shape index (κ2) is 11.7. The number of benzene rings is 1. The van der Waals surface area contributed by atoms with E-state index >= 15 is 0 Å². The molecular weight excluding hydrogens is 532 g/mol. The van der Waals surface area contributed by atoms with E-state index in [9.17, 15) is 28.4 Å².